The van der Waals surface area contributed by atoms with E-state index in [1.54, 1.807) is 0 Å². The average molecular weight is 265 g/mol. The number of hydrogen-bond donors (Lipinski definition) is 2. The van der Waals surface area contributed by atoms with Gasteiger partial charge in [-0.3, -0.25) is 4.68 Å². The zero-order valence-electron chi connectivity index (χ0n) is 12.6. The molecule has 2 rings (SSSR count). The summed E-state index contributed by atoms with van der Waals surface area (Å²) in [6.45, 7) is 9.97. The highest BCUT2D eigenvalue weighted by molar-refractivity contribution is 5.66. The van der Waals surface area contributed by atoms with Crippen LogP contribution < -0.4 is 11.1 Å². The molecule has 0 amide bonds. The Kier molecular flexibility index (Phi) is 4.34. The minimum Gasteiger partial charge on any atom is -0.394 e. The monoisotopic (exact) mass is 265 g/mol. The van der Waals surface area contributed by atoms with Crippen LogP contribution in [-0.4, -0.2) is 40.4 Å². The second-order valence-electron chi connectivity index (χ2n) is 5.98. The van der Waals surface area contributed by atoms with Gasteiger partial charge in [0.25, 0.3) is 0 Å². The minimum absolute atomic E-state index is 0.357. The van der Waals surface area contributed by atoms with Crippen LogP contribution >= 0.6 is 0 Å². The third-order valence-corrected chi connectivity index (χ3v) is 3.77. The standard InChI is InChI=1S/C14H27N5/c1-10(2)13-12(15)14(18(4)17-13)16-11(3)9-19-7-5-6-8-19/h10-11,16H,5-9,15H2,1-4H3. The Morgan fingerprint density at radius 2 is 1.89 bits per heavy atom. The van der Waals surface area contributed by atoms with Gasteiger partial charge in [0.05, 0.1) is 11.4 Å². The molecule has 0 aliphatic carbocycles. The van der Waals surface area contributed by atoms with Crippen molar-refractivity contribution in [3.05, 3.63) is 5.69 Å². The summed E-state index contributed by atoms with van der Waals surface area (Å²) in [5.74, 6) is 1.31. The van der Waals surface area contributed by atoms with Gasteiger partial charge in [0.2, 0.25) is 0 Å². The molecule has 5 heteroatoms. The smallest absolute Gasteiger partial charge is 0.148 e. The number of aryl methyl sites for hydroxylation is 1. The first-order chi connectivity index (χ1) is 8.99. The molecular weight excluding hydrogens is 238 g/mol. The molecule has 2 heterocycles. The molecule has 1 atom stereocenters. The fraction of sp³-hybridized carbons (Fsp3) is 0.786. The first-order valence-corrected chi connectivity index (χ1v) is 7.30. The number of rotatable bonds is 5. The zero-order chi connectivity index (χ0) is 14.0. The van der Waals surface area contributed by atoms with Gasteiger partial charge in [0.1, 0.15) is 5.82 Å². The van der Waals surface area contributed by atoms with Crippen LogP contribution in [0.25, 0.3) is 0 Å². The van der Waals surface area contributed by atoms with Gasteiger partial charge >= 0.3 is 0 Å². The number of nitrogens with two attached hydrogens (primary N) is 1. The van der Waals surface area contributed by atoms with E-state index in [0.29, 0.717) is 12.0 Å². The van der Waals surface area contributed by atoms with E-state index in [0.717, 1.165) is 23.7 Å². The molecular formula is C14H27N5. The summed E-state index contributed by atoms with van der Waals surface area (Å²) in [7, 11) is 1.95. The number of likely N-dealkylation sites (tertiary alicyclic amines) is 1. The van der Waals surface area contributed by atoms with Gasteiger partial charge in [-0.25, -0.2) is 0 Å². The molecule has 1 saturated heterocycles. The van der Waals surface area contributed by atoms with Crippen molar-refractivity contribution in [3.8, 4) is 0 Å². The normalized spacial score (nSPS) is 18.2. The SMILES string of the molecule is CC(CN1CCCC1)Nc1c(N)c(C(C)C)nn1C. The molecule has 0 saturated carbocycles. The Morgan fingerprint density at radius 3 is 2.42 bits per heavy atom. The molecule has 0 aromatic carbocycles. The number of aromatic nitrogens is 2. The van der Waals surface area contributed by atoms with Crippen LogP contribution in [0.2, 0.25) is 0 Å². The molecule has 1 aliphatic heterocycles. The molecule has 1 aliphatic rings. The molecule has 108 valence electrons. The van der Waals surface area contributed by atoms with Crippen LogP contribution in [0.3, 0.4) is 0 Å². The predicted octanol–water partition coefficient (Wildman–Crippen LogP) is 2.02. The highest BCUT2D eigenvalue weighted by Gasteiger charge is 2.19. The summed E-state index contributed by atoms with van der Waals surface area (Å²) in [5.41, 5.74) is 7.98. The Labute approximate surface area is 116 Å². The van der Waals surface area contributed by atoms with Gasteiger partial charge in [-0.15, -0.1) is 0 Å². The molecule has 0 radical (unpaired) electrons. The molecule has 0 spiro atoms. The summed E-state index contributed by atoms with van der Waals surface area (Å²) in [4.78, 5) is 2.51. The molecule has 5 nitrogen and oxygen atoms in total. The van der Waals surface area contributed by atoms with Crippen LogP contribution in [0.15, 0.2) is 0 Å². The molecule has 1 aromatic heterocycles. The second kappa shape index (κ2) is 5.82. The summed E-state index contributed by atoms with van der Waals surface area (Å²) in [6.07, 6.45) is 2.66. The third-order valence-electron chi connectivity index (χ3n) is 3.77. The lowest BCUT2D eigenvalue weighted by Crippen LogP contribution is -2.33. The zero-order valence-corrected chi connectivity index (χ0v) is 12.6. The lowest BCUT2D eigenvalue weighted by Gasteiger charge is -2.22. The molecule has 1 fully saturated rings. The second-order valence-corrected chi connectivity index (χ2v) is 5.98. The van der Waals surface area contributed by atoms with Gasteiger partial charge in [-0.1, -0.05) is 13.8 Å². The quantitative estimate of drug-likeness (QED) is 0.855. The maximum absolute atomic E-state index is 6.20. The molecule has 1 unspecified atom stereocenters. The number of nitrogen functional groups attached to an aromatic ring is 1. The fourth-order valence-corrected chi connectivity index (χ4v) is 2.79. The van der Waals surface area contributed by atoms with E-state index in [1.165, 1.54) is 25.9 Å². The first-order valence-electron chi connectivity index (χ1n) is 7.30. The van der Waals surface area contributed by atoms with Gasteiger partial charge in [-0.05, 0) is 38.8 Å². The van der Waals surface area contributed by atoms with Crippen LogP contribution in [0.4, 0.5) is 11.5 Å². The van der Waals surface area contributed by atoms with Crippen LogP contribution in [0.5, 0.6) is 0 Å². The lowest BCUT2D eigenvalue weighted by molar-refractivity contribution is 0.327. The van der Waals surface area contributed by atoms with E-state index >= 15 is 0 Å². The number of hydrogen-bond acceptors (Lipinski definition) is 4. The van der Waals surface area contributed by atoms with Crippen LogP contribution in [0, 0.1) is 0 Å². The lowest BCUT2D eigenvalue weighted by atomic mass is 10.1. The van der Waals surface area contributed by atoms with Crippen molar-refractivity contribution in [1.82, 2.24) is 14.7 Å². The van der Waals surface area contributed by atoms with Crippen molar-refractivity contribution < 1.29 is 0 Å². The molecule has 19 heavy (non-hydrogen) atoms. The molecule has 3 N–H and O–H groups in total. The van der Waals surface area contributed by atoms with Gasteiger partial charge in [0.15, 0.2) is 0 Å². The first kappa shape index (κ1) is 14.2. The molecule has 1 aromatic rings. The van der Waals surface area contributed by atoms with E-state index < -0.39 is 0 Å². The van der Waals surface area contributed by atoms with Crippen molar-refractivity contribution in [1.29, 1.82) is 0 Å². The Morgan fingerprint density at radius 1 is 1.26 bits per heavy atom. The highest BCUT2D eigenvalue weighted by atomic mass is 15.3. The Balaban J connectivity index is 2.01. The minimum atomic E-state index is 0.357. The summed E-state index contributed by atoms with van der Waals surface area (Å²) < 4.78 is 1.87. The van der Waals surface area contributed by atoms with Gasteiger partial charge < -0.3 is 16.0 Å². The van der Waals surface area contributed by atoms with Crippen molar-refractivity contribution in [2.24, 2.45) is 7.05 Å². The van der Waals surface area contributed by atoms with Crippen molar-refractivity contribution in [2.75, 3.05) is 30.7 Å². The Hall–Kier alpha value is -1.23. The van der Waals surface area contributed by atoms with E-state index in [9.17, 15) is 0 Å². The summed E-state index contributed by atoms with van der Waals surface area (Å²) in [6, 6.07) is 0.385. The highest BCUT2D eigenvalue weighted by Crippen LogP contribution is 2.28. The van der Waals surface area contributed by atoms with Crippen molar-refractivity contribution >= 4 is 11.5 Å². The topological polar surface area (TPSA) is 59.1 Å². The number of anilines is 2. The van der Waals surface area contributed by atoms with Crippen LogP contribution in [-0.2, 0) is 7.05 Å². The molecule has 0 bridgehead atoms. The van der Waals surface area contributed by atoms with Crippen molar-refractivity contribution in [2.45, 2.75) is 45.6 Å². The third kappa shape index (κ3) is 3.21. The summed E-state index contributed by atoms with van der Waals surface area (Å²) in [5, 5.41) is 8.02. The maximum atomic E-state index is 6.20. The summed E-state index contributed by atoms with van der Waals surface area (Å²) >= 11 is 0. The van der Waals surface area contributed by atoms with E-state index in [-0.39, 0.29) is 0 Å². The maximum Gasteiger partial charge on any atom is 0.148 e. The number of nitrogens with zero attached hydrogens (tertiary/aromatic N) is 3. The largest absolute Gasteiger partial charge is 0.394 e. The predicted molar refractivity (Wildman–Crippen MR) is 80.5 cm³/mol. The van der Waals surface area contributed by atoms with Gasteiger partial charge in [-0.2, -0.15) is 5.10 Å². The van der Waals surface area contributed by atoms with Crippen molar-refractivity contribution in [3.63, 3.8) is 0 Å². The van der Waals surface area contributed by atoms with E-state index in [1.807, 2.05) is 11.7 Å². The van der Waals surface area contributed by atoms with Crippen LogP contribution in [0.1, 0.15) is 45.2 Å². The van der Waals surface area contributed by atoms with E-state index in [4.69, 9.17) is 5.73 Å². The average Bonchev–Trinajstić information content (AvgIpc) is 2.92. The van der Waals surface area contributed by atoms with E-state index in [2.05, 4.69) is 36.1 Å². The Bertz CT molecular complexity index is 418. The number of nitrogens with one attached hydrogen (secondary N) is 1. The fourth-order valence-electron chi connectivity index (χ4n) is 2.79. The van der Waals surface area contributed by atoms with Gasteiger partial charge in [0, 0.05) is 19.6 Å².